The zero-order chi connectivity index (χ0) is 0. The Balaban J connectivity index is 0. The van der Waals surface area contributed by atoms with Crippen LogP contribution in [0.3, 0.4) is 0 Å². The van der Waals surface area contributed by atoms with E-state index in [9.17, 15) is 0 Å². The molecule has 11 heavy (non-hydrogen) atoms. The van der Waals surface area contributed by atoms with Gasteiger partial charge in [0.2, 0.25) is 0 Å². The summed E-state index contributed by atoms with van der Waals surface area (Å²) in [5, 5.41) is 0. The molecule has 0 fully saturated rings. The minimum Gasteiger partial charge on any atom is -2.00 e. The van der Waals surface area contributed by atoms with Crippen molar-refractivity contribution in [2.75, 3.05) is 0 Å². The van der Waals surface area contributed by atoms with E-state index < -0.39 is 0 Å². The smallest absolute Gasteiger partial charge is 2.00 e. The molecule has 0 saturated carbocycles. The summed E-state index contributed by atoms with van der Waals surface area (Å²) in [5.41, 5.74) is 0. The van der Waals surface area contributed by atoms with E-state index in [1.807, 2.05) is 0 Å². The first-order chi connectivity index (χ1) is 0. The topological polar surface area (TPSA) is 0 Å². The first-order valence-electron chi connectivity index (χ1n) is 0. The normalized spacial score (nSPS) is 0. The van der Waals surface area contributed by atoms with Crippen molar-refractivity contribution in [3.63, 3.8) is 0 Å². The zero-order valence-electron chi connectivity index (χ0n) is 5.01. The molecule has 0 bridgehead atoms. The van der Waals surface area contributed by atoms with E-state index in [-0.39, 0.29) is 182 Å². The van der Waals surface area contributed by atoms with E-state index in [4.69, 9.17) is 0 Å². The predicted octanol–water partition coefficient (Wildman–Crippen LogP) is -1.54. The molecule has 0 aromatic heterocycles. The van der Waals surface area contributed by atoms with Crippen molar-refractivity contribution in [2.24, 2.45) is 0 Å². The molecule has 0 atom stereocenters. The second-order valence-corrected chi connectivity index (χ2v) is 0. The molecule has 0 aliphatic heterocycles. The van der Waals surface area contributed by atoms with Crippen LogP contribution in [0, 0.1) is 0 Å². The fourth-order valence-corrected chi connectivity index (χ4v) is 0. The largest absolute Gasteiger partial charge is 4.00 e. The molecule has 56 valence electrons. The maximum Gasteiger partial charge on any atom is 4.00 e. The average Bonchev–Trinajstić information content (AvgIpc) is 0. The van der Waals surface area contributed by atoms with E-state index in [1.165, 1.54) is 0 Å². The van der Waals surface area contributed by atoms with Crippen LogP contribution in [0.1, 0.15) is 0 Å². The Morgan fingerprint density at radius 3 is 0.273 bits per heavy atom. The molecule has 0 amide bonds. The molecule has 0 radical (unpaired) electrons. The van der Waals surface area contributed by atoms with Gasteiger partial charge in [-0.3, -0.25) is 0 Å². The second-order valence-electron chi connectivity index (χ2n) is 0. The van der Waals surface area contributed by atoms with Gasteiger partial charge in [-0.15, -0.1) is 0 Å². The fourth-order valence-electron chi connectivity index (χ4n) is 0. The Morgan fingerprint density at radius 2 is 0.273 bits per heavy atom. The van der Waals surface area contributed by atoms with Crippen molar-refractivity contribution in [1.29, 1.82) is 0 Å². The van der Waals surface area contributed by atoms with Crippen molar-refractivity contribution in [3.05, 3.63) is 0 Å². The molecule has 0 nitrogen and oxygen atoms in total. The van der Waals surface area contributed by atoms with Gasteiger partial charge in [0.05, 0.1) is 0 Å². The molecule has 0 aliphatic carbocycles. The summed E-state index contributed by atoms with van der Waals surface area (Å²) in [6.45, 7) is 0. The maximum absolute atomic E-state index is 0. The Morgan fingerprint density at radius 1 is 0.273 bits per heavy atom. The average molecular weight is 601 g/mol. The van der Waals surface area contributed by atoms with Gasteiger partial charge in [-0.1, -0.05) is 0 Å². The van der Waals surface area contributed by atoms with Gasteiger partial charge < -0.3 is 94.5 Å². The predicted molar refractivity (Wildman–Crippen MR) is 74.6 cm³/mol. The standard InChI is InChI=1S/2Ga.7S.2Sn/q2*+3;7*-2;2*+4. The van der Waals surface area contributed by atoms with Crippen LogP contribution in [-0.2, 0) is 94.5 Å². The van der Waals surface area contributed by atoms with Gasteiger partial charge in [0.15, 0.2) is 0 Å². The van der Waals surface area contributed by atoms with Gasteiger partial charge in [-0.2, -0.15) is 0 Å². The third-order valence-electron chi connectivity index (χ3n) is 0. The number of hydrogen-bond donors (Lipinski definition) is 0. The van der Waals surface area contributed by atoms with Gasteiger partial charge in [-0.25, -0.2) is 0 Å². The number of rotatable bonds is 0. The molecular formula is Ga2S7Sn2. The van der Waals surface area contributed by atoms with Crippen molar-refractivity contribution in [1.82, 2.24) is 0 Å². The van der Waals surface area contributed by atoms with Gasteiger partial charge in [-0.05, 0) is 0 Å². The van der Waals surface area contributed by atoms with Crippen LogP contribution >= 0.6 is 0 Å². The molecule has 0 saturated heterocycles. The number of hydrogen-bond acceptors (Lipinski definition) is 0. The summed E-state index contributed by atoms with van der Waals surface area (Å²) in [4.78, 5) is 0. The van der Waals surface area contributed by atoms with Crippen molar-refractivity contribution >= 4 is 182 Å². The molecule has 0 aromatic carbocycles. The SMILES string of the molecule is [Ga+3].[Ga+3].[S-2].[S-2].[S-2].[S-2].[S-2].[S-2].[S-2].[Sn+4].[Sn+4]. The third-order valence-corrected chi connectivity index (χ3v) is 0. The van der Waals surface area contributed by atoms with Crippen molar-refractivity contribution in [3.8, 4) is 0 Å². The summed E-state index contributed by atoms with van der Waals surface area (Å²) in [6.07, 6.45) is 0. The monoisotopic (exact) mass is 601 g/mol. The summed E-state index contributed by atoms with van der Waals surface area (Å²) in [6, 6.07) is 0. The van der Waals surface area contributed by atoms with Crippen LogP contribution in [0.5, 0.6) is 0 Å². The zero-order valence-corrected chi connectivity index (χ0v) is 21.3. The van der Waals surface area contributed by atoms with E-state index in [0.717, 1.165) is 0 Å². The molecule has 0 N–H and O–H groups in total. The Bertz CT molecular complexity index is 14.4. The quantitative estimate of drug-likeness (QED) is 0.296. The molecule has 0 spiro atoms. The van der Waals surface area contributed by atoms with Crippen molar-refractivity contribution in [2.45, 2.75) is 0 Å². The summed E-state index contributed by atoms with van der Waals surface area (Å²) in [7, 11) is 0. The van der Waals surface area contributed by atoms with Crippen molar-refractivity contribution < 1.29 is 0 Å². The van der Waals surface area contributed by atoms with Crippen LogP contribution < -0.4 is 0 Å². The van der Waals surface area contributed by atoms with Crippen LogP contribution in [0.25, 0.3) is 0 Å². The van der Waals surface area contributed by atoms with Crippen LogP contribution in [-0.4, -0.2) is 87.4 Å². The molecule has 11 heteroatoms. The van der Waals surface area contributed by atoms with Gasteiger partial charge >= 0.3 is 87.4 Å². The third kappa shape index (κ3) is 96.0. The molecule has 0 unspecified atom stereocenters. The summed E-state index contributed by atoms with van der Waals surface area (Å²) >= 11 is 0. The van der Waals surface area contributed by atoms with E-state index >= 15 is 0 Å². The fraction of sp³-hybridized carbons (Fsp3) is 0. The van der Waals surface area contributed by atoms with E-state index in [0.29, 0.717) is 0 Å². The van der Waals surface area contributed by atoms with E-state index in [2.05, 4.69) is 0 Å². The minimum absolute atomic E-state index is 0. The van der Waals surface area contributed by atoms with Gasteiger partial charge in [0, 0.05) is 0 Å². The van der Waals surface area contributed by atoms with Gasteiger partial charge in [0.1, 0.15) is 0 Å². The first kappa shape index (κ1) is 135. The van der Waals surface area contributed by atoms with Crippen LogP contribution in [0.15, 0.2) is 0 Å². The van der Waals surface area contributed by atoms with Gasteiger partial charge in [0.25, 0.3) is 0 Å². The molecule has 0 rings (SSSR count). The Kier molecular flexibility index (Phi) is 1370. The maximum atomic E-state index is 0. The first-order valence-corrected chi connectivity index (χ1v) is 0. The minimum atomic E-state index is 0. The van der Waals surface area contributed by atoms with E-state index in [1.54, 1.807) is 0 Å². The summed E-state index contributed by atoms with van der Waals surface area (Å²) < 4.78 is 0. The molecule has 0 aliphatic rings. The molecular weight excluding hydrogens is 601 g/mol. The van der Waals surface area contributed by atoms with Crippen LogP contribution in [0.2, 0.25) is 0 Å². The molecule has 0 aromatic rings. The Labute approximate surface area is 178 Å². The van der Waals surface area contributed by atoms with Crippen LogP contribution in [0.4, 0.5) is 0 Å². The summed E-state index contributed by atoms with van der Waals surface area (Å²) in [5.74, 6) is 0. The second kappa shape index (κ2) is 111. The Hall–Kier alpha value is 5.32. The molecule has 0 heterocycles.